The SMILES string of the molecule is CC1CCc2ccccc2N1CCC(C)(N)CO. The lowest BCUT2D eigenvalue weighted by Crippen LogP contribution is -2.46. The van der Waals surface area contributed by atoms with Gasteiger partial charge in [-0.1, -0.05) is 18.2 Å². The molecule has 0 radical (unpaired) electrons. The molecule has 2 unspecified atom stereocenters. The van der Waals surface area contributed by atoms with Crippen molar-refractivity contribution in [2.45, 2.75) is 44.7 Å². The van der Waals surface area contributed by atoms with Crippen molar-refractivity contribution in [1.29, 1.82) is 0 Å². The molecule has 0 saturated carbocycles. The third-order valence-corrected chi connectivity index (χ3v) is 3.95. The summed E-state index contributed by atoms with van der Waals surface area (Å²) in [5.41, 5.74) is 8.31. The number of anilines is 1. The minimum atomic E-state index is -0.480. The molecule has 0 spiro atoms. The number of aliphatic hydroxyl groups excluding tert-OH is 1. The Kier molecular flexibility index (Phi) is 3.93. The molecule has 0 saturated heterocycles. The molecular formula is C15H24N2O. The Morgan fingerprint density at radius 1 is 1.44 bits per heavy atom. The molecule has 1 aromatic rings. The number of aliphatic hydroxyl groups is 1. The molecule has 100 valence electrons. The van der Waals surface area contributed by atoms with E-state index in [4.69, 9.17) is 5.73 Å². The van der Waals surface area contributed by atoms with Gasteiger partial charge >= 0.3 is 0 Å². The minimum absolute atomic E-state index is 0.0386. The average Bonchev–Trinajstić information content (AvgIpc) is 2.37. The molecule has 1 aromatic carbocycles. The van der Waals surface area contributed by atoms with E-state index < -0.39 is 5.54 Å². The molecule has 18 heavy (non-hydrogen) atoms. The van der Waals surface area contributed by atoms with Gasteiger partial charge in [-0.2, -0.15) is 0 Å². The van der Waals surface area contributed by atoms with E-state index in [1.807, 2.05) is 6.92 Å². The lowest BCUT2D eigenvalue weighted by atomic mass is 9.94. The molecule has 3 N–H and O–H groups in total. The number of nitrogens with two attached hydrogens (primary N) is 1. The highest BCUT2D eigenvalue weighted by atomic mass is 16.3. The van der Waals surface area contributed by atoms with E-state index in [2.05, 4.69) is 36.1 Å². The summed E-state index contributed by atoms with van der Waals surface area (Å²) in [6.07, 6.45) is 3.16. The Balaban J connectivity index is 2.12. The molecule has 2 rings (SSSR count). The summed E-state index contributed by atoms with van der Waals surface area (Å²) < 4.78 is 0. The normalized spacial score (nSPS) is 22.4. The van der Waals surface area contributed by atoms with Crippen molar-refractivity contribution in [1.82, 2.24) is 0 Å². The summed E-state index contributed by atoms with van der Waals surface area (Å²) in [5.74, 6) is 0. The molecule has 1 aliphatic heterocycles. The Bertz CT molecular complexity index is 403. The van der Waals surface area contributed by atoms with E-state index in [-0.39, 0.29) is 6.61 Å². The van der Waals surface area contributed by atoms with Gasteiger partial charge in [-0.05, 0) is 44.7 Å². The van der Waals surface area contributed by atoms with Crippen molar-refractivity contribution in [3.8, 4) is 0 Å². The van der Waals surface area contributed by atoms with Crippen molar-refractivity contribution in [3.63, 3.8) is 0 Å². The van der Waals surface area contributed by atoms with Crippen LogP contribution in [0.2, 0.25) is 0 Å². The van der Waals surface area contributed by atoms with E-state index in [1.165, 1.54) is 17.7 Å². The topological polar surface area (TPSA) is 49.5 Å². The van der Waals surface area contributed by atoms with E-state index in [9.17, 15) is 5.11 Å². The van der Waals surface area contributed by atoms with Gasteiger partial charge in [0.1, 0.15) is 0 Å². The first-order valence-corrected chi connectivity index (χ1v) is 6.78. The van der Waals surface area contributed by atoms with Crippen LogP contribution in [0.15, 0.2) is 24.3 Å². The van der Waals surface area contributed by atoms with Gasteiger partial charge in [0.25, 0.3) is 0 Å². The number of aryl methyl sites for hydroxylation is 1. The van der Waals surface area contributed by atoms with Crippen molar-refractivity contribution in [3.05, 3.63) is 29.8 Å². The fourth-order valence-electron chi connectivity index (χ4n) is 2.56. The maximum Gasteiger partial charge on any atom is 0.0609 e. The second kappa shape index (κ2) is 5.29. The van der Waals surface area contributed by atoms with Gasteiger partial charge in [-0.25, -0.2) is 0 Å². The van der Waals surface area contributed by atoms with Crippen LogP contribution in [0.5, 0.6) is 0 Å². The van der Waals surface area contributed by atoms with Crippen molar-refractivity contribution in [2.24, 2.45) is 5.73 Å². The zero-order chi connectivity index (χ0) is 13.2. The molecule has 3 nitrogen and oxygen atoms in total. The number of fused-ring (bicyclic) bond motifs is 1. The quantitative estimate of drug-likeness (QED) is 0.856. The fourth-order valence-corrected chi connectivity index (χ4v) is 2.56. The Morgan fingerprint density at radius 2 is 2.17 bits per heavy atom. The summed E-state index contributed by atoms with van der Waals surface area (Å²) in [6.45, 7) is 5.12. The van der Waals surface area contributed by atoms with Crippen molar-refractivity contribution in [2.75, 3.05) is 18.1 Å². The second-order valence-corrected chi connectivity index (χ2v) is 5.77. The summed E-state index contributed by atoms with van der Waals surface area (Å²) in [4.78, 5) is 2.43. The van der Waals surface area contributed by atoms with Gasteiger partial charge in [0.15, 0.2) is 0 Å². The predicted octanol–water partition coefficient (Wildman–Crippen LogP) is 1.93. The van der Waals surface area contributed by atoms with E-state index in [0.29, 0.717) is 6.04 Å². The third kappa shape index (κ3) is 2.85. The van der Waals surface area contributed by atoms with Crippen LogP contribution in [0, 0.1) is 0 Å². The number of benzene rings is 1. The lowest BCUT2D eigenvalue weighted by molar-refractivity contribution is 0.201. The van der Waals surface area contributed by atoms with E-state index >= 15 is 0 Å². The predicted molar refractivity (Wildman–Crippen MR) is 75.9 cm³/mol. The van der Waals surface area contributed by atoms with Crippen LogP contribution in [-0.2, 0) is 6.42 Å². The van der Waals surface area contributed by atoms with E-state index in [0.717, 1.165) is 19.4 Å². The monoisotopic (exact) mass is 248 g/mol. The van der Waals surface area contributed by atoms with Crippen LogP contribution in [-0.4, -0.2) is 29.8 Å². The summed E-state index contributed by atoms with van der Waals surface area (Å²) >= 11 is 0. The molecular weight excluding hydrogens is 224 g/mol. The molecule has 3 heteroatoms. The maximum atomic E-state index is 9.24. The Labute approximate surface area is 110 Å². The fraction of sp³-hybridized carbons (Fsp3) is 0.600. The third-order valence-electron chi connectivity index (χ3n) is 3.95. The Hall–Kier alpha value is -1.06. The molecule has 2 atom stereocenters. The second-order valence-electron chi connectivity index (χ2n) is 5.77. The molecule has 0 fully saturated rings. The highest BCUT2D eigenvalue weighted by molar-refractivity contribution is 5.56. The van der Waals surface area contributed by atoms with Crippen LogP contribution in [0.4, 0.5) is 5.69 Å². The summed E-state index contributed by atoms with van der Waals surface area (Å²) in [5, 5.41) is 9.24. The van der Waals surface area contributed by atoms with Gasteiger partial charge in [0.2, 0.25) is 0 Å². The van der Waals surface area contributed by atoms with Crippen molar-refractivity contribution >= 4 is 5.69 Å². The zero-order valence-corrected chi connectivity index (χ0v) is 11.4. The first-order chi connectivity index (χ1) is 8.53. The first-order valence-electron chi connectivity index (χ1n) is 6.78. The number of rotatable bonds is 4. The molecule has 0 aliphatic carbocycles. The largest absolute Gasteiger partial charge is 0.394 e. The number of para-hydroxylation sites is 1. The van der Waals surface area contributed by atoms with Crippen LogP contribution >= 0.6 is 0 Å². The van der Waals surface area contributed by atoms with Crippen LogP contribution in [0.3, 0.4) is 0 Å². The molecule has 0 bridgehead atoms. The smallest absolute Gasteiger partial charge is 0.0609 e. The number of hydrogen-bond donors (Lipinski definition) is 2. The highest BCUT2D eigenvalue weighted by Crippen LogP contribution is 2.30. The molecule has 1 heterocycles. The standard InChI is InChI=1S/C15H24N2O/c1-12-7-8-13-5-3-4-6-14(13)17(12)10-9-15(2,16)11-18/h3-6,12,18H,7-11,16H2,1-2H3. The van der Waals surface area contributed by atoms with Gasteiger partial charge in [0.05, 0.1) is 6.61 Å². The van der Waals surface area contributed by atoms with Crippen LogP contribution < -0.4 is 10.6 Å². The van der Waals surface area contributed by atoms with Gasteiger partial charge in [-0.3, -0.25) is 0 Å². The summed E-state index contributed by atoms with van der Waals surface area (Å²) in [7, 11) is 0. The van der Waals surface area contributed by atoms with Gasteiger partial charge in [-0.15, -0.1) is 0 Å². The van der Waals surface area contributed by atoms with Crippen LogP contribution in [0.25, 0.3) is 0 Å². The molecule has 0 aromatic heterocycles. The average molecular weight is 248 g/mol. The highest BCUT2D eigenvalue weighted by Gasteiger charge is 2.25. The first kappa shape index (κ1) is 13.4. The zero-order valence-electron chi connectivity index (χ0n) is 11.4. The maximum absolute atomic E-state index is 9.24. The molecule has 0 amide bonds. The van der Waals surface area contributed by atoms with Crippen LogP contribution in [0.1, 0.15) is 32.3 Å². The van der Waals surface area contributed by atoms with Gasteiger partial charge < -0.3 is 15.7 Å². The minimum Gasteiger partial charge on any atom is -0.394 e. The summed E-state index contributed by atoms with van der Waals surface area (Å²) in [6, 6.07) is 9.15. The number of nitrogens with zero attached hydrogens (tertiary/aromatic N) is 1. The lowest BCUT2D eigenvalue weighted by Gasteiger charge is -2.38. The molecule has 1 aliphatic rings. The van der Waals surface area contributed by atoms with E-state index in [1.54, 1.807) is 0 Å². The number of hydrogen-bond acceptors (Lipinski definition) is 3. The Morgan fingerprint density at radius 3 is 2.89 bits per heavy atom. The van der Waals surface area contributed by atoms with Crippen molar-refractivity contribution < 1.29 is 5.11 Å². The van der Waals surface area contributed by atoms with Gasteiger partial charge in [0, 0.05) is 23.8 Å².